The first-order valence-corrected chi connectivity index (χ1v) is 29.3. The molecule has 0 bridgehead atoms. The molecular formula is C58H115N3O6. The van der Waals surface area contributed by atoms with Crippen LogP contribution in [0.1, 0.15) is 278 Å². The van der Waals surface area contributed by atoms with E-state index in [-0.39, 0.29) is 36.0 Å². The van der Waals surface area contributed by atoms with E-state index in [0.717, 1.165) is 129 Å². The molecule has 9 nitrogen and oxygen atoms in total. The SMILES string of the molecule is CCCCCCCCCC(CCCCCCC)C(=O)OCCCCCC(CCCCCOC(=O)C(CCCCCCC)CCCCCCCCC)OC(=O)NCCCN(C)CCCCN(C)C. The lowest BCUT2D eigenvalue weighted by atomic mass is 9.94. The summed E-state index contributed by atoms with van der Waals surface area (Å²) >= 11 is 0. The van der Waals surface area contributed by atoms with Gasteiger partial charge in [-0.3, -0.25) is 9.59 Å². The van der Waals surface area contributed by atoms with Crippen LogP contribution in [-0.4, -0.2) is 94.5 Å². The Kier molecular flexibility index (Phi) is 49.1. The first kappa shape index (κ1) is 65.1. The topological polar surface area (TPSA) is 97.4 Å². The maximum atomic E-state index is 13.3. The number of rotatable bonds is 52. The normalized spacial score (nSPS) is 13.0. The number of hydrogen-bond acceptors (Lipinski definition) is 8. The molecule has 0 rings (SSSR count). The van der Waals surface area contributed by atoms with Crippen LogP contribution in [0, 0.1) is 11.8 Å². The second kappa shape index (κ2) is 50.5. The van der Waals surface area contributed by atoms with Gasteiger partial charge in [0.2, 0.25) is 0 Å². The van der Waals surface area contributed by atoms with E-state index < -0.39 is 0 Å². The number of amides is 1. The van der Waals surface area contributed by atoms with Gasteiger partial charge in [-0.25, -0.2) is 4.79 Å². The summed E-state index contributed by atoms with van der Waals surface area (Å²) in [5.41, 5.74) is 0. The number of hydrogen-bond donors (Lipinski definition) is 1. The minimum absolute atomic E-state index is 0.00616. The van der Waals surface area contributed by atoms with Crippen LogP contribution >= 0.6 is 0 Å². The van der Waals surface area contributed by atoms with Gasteiger partial charge in [0.25, 0.3) is 0 Å². The molecule has 0 heterocycles. The largest absolute Gasteiger partial charge is 0.465 e. The number of esters is 2. The maximum Gasteiger partial charge on any atom is 0.407 e. The number of alkyl carbamates (subject to hydrolysis) is 1. The third kappa shape index (κ3) is 45.0. The van der Waals surface area contributed by atoms with Crippen LogP contribution in [0.5, 0.6) is 0 Å². The second-order valence-corrected chi connectivity index (χ2v) is 20.8. The van der Waals surface area contributed by atoms with Crippen LogP contribution < -0.4 is 5.32 Å². The summed E-state index contributed by atoms with van der Waals surface area (Å²) < 4.78 is 17.9. The fraction of sp³-hybridized carbons (Fsp3) is 0.948. The highest BCUT2D eigenvalue weighted by Crippen LogP contribution is 2.23. The van der Waals surface area contributed by atoms with Crippen LogP contribution in [0.3, 0.4) is 0 Å². The molecule has 1 amide bonds. The molecule has 0 spiro atoms. The van der Waals surface area contributed by atoms with Gasteiger partial charge in [0, 0.05) is 6.54 Å². The molecule has 2 atom stereocenters. The molecule has 0 saturated heterocycles. The van der Waals surface area contributed by atoms with Gasteiger partial charge >= 0.3 is 18.0 Å². The predicted molar refractivity (Wildman–Crippen MR) is 286 cm³/mol. The molecule has 67 heavy (non-hydrogen) atoms. The molecule has 398 valence electrons. The average Bonchev–Trinajstić information content (AvgIpc) is 3.31. The van der Waals surface area contributed by atoms with Gasteiger partial charge in [-0.2, -0.15) is 0 Å². The van der Waals surface area contributed by atoms with Gasteiger partial charge < -0.3 is 29.3 Å². The minimum Gasteiger partial charge on any atom is -0.465 e. The summed E-state index contributed by atoms with van der Waals surface area (Å²) in [5.74, 6) is 0.0720. The Morgan fingerprint density at radius 1 is 0.388 bits per heavy atom. The highest BCUT2D eigenvalue weighted by Gasteiger charge is 2.21. The molecule has 0 radical (unpaired) electrons. The number of ether oxygens (including phenoxy) is 3. The first-order valence-electron chi connectivity index (χ1n) is 29.3. The summed E-state index contributed by atoms with van der Waals surface area (Å²) in [6.45, 7) is 13.7. The molecule has 0 aromatic rings. The van der Waals surface area contributed by atoms with Crippen molar-refractivity contribution >= 4 is 18.0 Å². The Bertz CT molecular complexity index is 1020. The Labute approximate surface area is 416 Å². The van der Waals surface area contributed by atoms with E-state index in [9.17, 15) is 14.4 Å². The van der Waals surface area contributed by atoms with Crippen LogP contribution in [0.25, 0.3) is 0 Å². The third-order valence-corrected chi connectivity index (χ3v) is 13.8. The second-order valence-electron chi connectivity index (χ2n) is 20.8. The number of carbonyl (C=O) groups is 3. The van der Waals surface area contributed by atoms with Crippen LogP contribution in [-0.2, 0) is 23.8 Å². The van der Waals surface area contributed by atoms with Crippen molar-refractivity contribution in [3.8, 4) is 0 Å². The summed E-state index contributed by atoms with van der Waals surface area (Å²) in [4.78, 5) is 44.1. The van der Waals surface area contributed by atoms with E-state index in [1.165, 1.54) is 141 Å². The van der Waals surface area contributed by atoms with Crippen LogP contribution in [0.2, 0.25) is 0 Å². The van der Waals surface area contributed by atoms with E-state index in [0.29, 0.717) is 19.8 Å². The van der Waals surface area contributed by atoms with Crippen molar-refractivity contribution in [3.05, 3.63) is 0 Å². The summed E-state index contributed by atoms with van der Waals surface area (Å²) in [7, 11) is 6.39. The molecule has 0 aliphatic heterocycles. The lowest BCUT2D eigenvalue weighted by Gasteiger charge is -2.20. The highest BCUT2D eigenvalue weighted by atomic mass is 16.6. The van der Waals surface area contributed by atoms with Crippen molar-refractivity contribution in [1.29, 1.82) is 0 Å². The molecule has 0 aromatic carbocycles. The minimum atomic E-state index is -0.329. The van der Waals surface area contributed by atoms with Crippen LogP contribution in [0.15, 0.2) is 0 Å². The van der Waals surface area contributed by atoms with Crippen LogP contribution in [0.4, 0.5) is 4.79 Å². The number of carbonyl (C=O) groups excluding carboxylic acids is 3. The van der Waals surface area contributed by atoms with E-state index >= 15 is 0 Å². The van der Waals surface area contributed by atoms with E-state index in [1.54, 1.807) is 0 Å². The predicted octanol–water partition coefficient (Wildman–Crippen LogP) is 16.2. The monoisotopic (exact) mass is 950 g/mol. The van der Waals surface area contributed by atoms with Crippen molar-refractivity contribution in [3.63, 3.8) is 0 Å². The smallest absolute Gasteiger partial charge is 0.407 e. The molecule has 0 fully saturated rings. The van der Waals surface area contributed by atoms with Gasteiger partial charge in [0.05, 0.1) is 25.0 Å². The summed E-state index contributed by atoms with van der Waals surface area (Å²) in [6, 6.07) is 0. The fourth-order valence-corrected chi connectivity index (χ4v) is 9.24. The Balaban J connectivity index is 5.04. The number of unbranched alkanes of at least 4 members (excludes halogenated alkanes) is 25. The molecule has 0 aliphatic rings. The van der Waals surface area contributed by atoms with E-state index in [2.05, 4.69) is 64.0 Å². The average molecular weight is 951 g/mol. The lowest BCUT2D eigenvalue weighted by Crippen LogP contribution is -2.32. The number of nitrogens with one attached hydrogen (secondary N) is 1. The highest BCUT2D eigenvalue weighted by molar-refractivity contribution is 5.72. The van der Waals surface area contributed by atoms with Crippen molar-refractivity contribution in [2.24, 2.45) is 11.8 Å². The molecular weight excluding hydrogens is 835 g/mol. The molecule has 0 saturated carbocycles. The summed E-state index contributed by atoms with van der Waals surface area (Å²) in [6.07, 6.45) is 43.4. The molecule has 0 aromatic heterocycles. The fourth-order valence-electron chi connectivity index (χ4n) is 9.24. The van der Waals surface area contributed by atoms with Gasteiger partial charge in [0.1, 0.15) is 6.10 Å². The van der Waals surface area contributed by atoms with E-state index in [1.807, 2.05) is 0 Å². The van der Waals surface area contributed by atoms with Crippen molar-refractivity contribution in [2.45, 2.75) is 284 Å². The Morgan fingerprint density at radius 2 is 0.716 bits per heavy atom. The zero-order valence-corrected chi connectivity index (χ0v) is 45.9. The van der Waals surface area contributed by atoms with Gasteiger partial charge in [-0.1, -0.05) is 182 Å². The number of nitrogens with zero attached hydrogens (tertiary/aromatic N) is 2. The quantitative estimate of drug-likeness (QED) is 0.0366. The molecule has 1 N–H and O–H groups in total. The zero-order chi connectivity index (χ0) is 49.3. The Morgan fingerprint density at radius 3 is 1.10 bits per heavy atom. The van der Waals surface area contributed by atoms with Crippen molar-refractivity contribution in [2.75, 3.05) is 60.5 Å². The Hall–Kier alpha value is -1.87. The van der Waals surface area contributed by atoms with Gasteiger partial charge in [0.15, 0.2) is 0 Å². The molecule has 9 heteroatoms. The van der Waals surface area contributed by atoms with Crippen molar-refractivity contribution < 1.29 is 28.6 Å². The van der Waals surface area contributed by atoms with Gasteiger partial charge in [-0.15, -0.1) is 0 Å². The standard InChI is InChI=1S/C58H115N3O6/c1-8-12-16-20-22-26-32-43-53(41-30-24-18-14-10-3)56(62)65-51-38-28-34-45-55(67-58(64)59-47-40-50-61(7)49-37-36-48-60(5)6)46-35-29-39-52-66-57(63)54(42-31-25-19-15-11-4)44-33-27-23-21-17-13-9-2/h53-55H,8-52H2,1-7H3,(H,59,64). The maximum absolute atomic E-state index is 13.3. The van der Waals surface area contributed by atoms with Crippen molar-refractivity contribution in [1.82, 2.24) is 15.1 Å². The first-order chi connectivity index (χ1) is 32.7. The molecule has 2 unspecified atom stereocenters. The molecule has 0 aliphatic carbocycles. The lowest BCUT2D eigenvalue weighted by molar-refractivity contribution is -0.150. The summed E-state index contributed by atoms with van der Waals surface area (Å²) in [5, 5.41) is 3.02. The third-order valence-electron chi connectivity index (χ3n) is 13.8. The van der Waals surface area contributed by atoms with Gasteiger partial charge in [-0.05, 0) is 137 Å². The zero-order valence-electron chi connectivity index (χ0n) is 45.9. The van der Waals surface area contributed by atoms with E-state index in [4.69, 9.17) is 14.2 Å².